The van der Waals surface area contributed by atoms with Gasteiger partial charge >= 0.3 is 0 Å². The van der Waals surface area contributed by atoms with Crippen molar-refractivity contribution < 1.29 is 9.50 Å². The van der Waals surface area contributed by atoms with Crippen molar-refractivity contribution in [2.75, 3.05) is 5.32 Å². The Balaban J connectivity index is 2.16. The van der Waals surface area contributed by atoms with Crippen LogP contribution in [0, 0.1) is 19.7 Å². The number of aryl methyl sites for hydroxylation is 2. The van der Waals surface area contributed by atoms with Crippen LogP contribution in [0.4, 0.5) is 10.1 Å². The highest BCUT2D eigenvalue weighted by atomic mass is 19.1. The van der Waals surface area contributed by atoms with Gasteiger partial charge in [0.1, 0.15) is 11.6 Å². The molecule has 0 aliphatic rings. The van der Waals surface area contributed by atoms with E-state index in [1.807, 2.05) is 26.0 Å². The molecule has 0 aromatic heterocycles. The molecule has 2 aromatic rings. The van der Waals surface area contributed by atoms with Gasteiger partial charge in [-0.1, -0.05) is 23.8 Å². The van der Waals surface area contributed by atoms with E-state index < -0.39 is 0 Å². The third-order valence-corrected chi connectivity index (χ3v) is 2.90. The molecule has 0 spiro atoms. The first kappa shape index (κ1) is 12.4. The lowest BCUT2D eigenvalue weighted by Crippen LogP contribution is -2.02. The van der Waals surface area contributed by atoms with E-state index in [9.17, 15) is 9.50 Å². The minimum atomic E-state index is -0.267. The Morgan fingerprint density at radius 2 is 1.89 bits per heavy atom. The molecule has 0 heterocycles. The number of anilines is 1. The van der Waals surface area contributed by atoms with Crippen LogP contribution in [0.25, 0.3) is 0 Å². The van der Waals surface area contributed by atoms with E-state index in [1.54, 1.807) is 12.1 Å². The molecular weight excluding hydrogens is 229 g/mol. The molecule has 0 aliphatic heterocycles. The second kappa shape index (κ2) is 5.08. The number of hydrogen-bond acceptors (Lipinski definition) is 2. The molecule has 2 N–H and O–H groups in total. The van der Waals surface area contributed by atoms with E-state index >= 15 is 0 Å². The number of benzene rings is 2. The molecule has 2 nitrogen and oxygen atoms in total. The normalized spacial score (nSPS) is 10.4. The topological polar surface area (TPSA) is 32.3 Å². The van der Waals surface area contributed by atoms with Gasteiger partial charge in [-0.2, -0.15) is 0 Å². The number of aromatic hydroxyl groups is 1. The summed E-state index contributed by atoms with van der Waals surface area (Å²) >= 11 is 0. The molecule has 94 valence electrons. The number of nitrogens with one attached hydrogen (secondary N) is 1. The molecule has 0 aliphatic carbocycles. The monoisotopic (exact) mass is 245 g/mol. The van der Waals surface area contributed by atoms with Gasteiger partial charge in [0.15, 0.2) is 0 Å². The van der Waals surface area contributed by atoms with Crippen LogP contribution in [-0.2, 0) is 6.54 Å². The highest BCUT2D eigenvalue weighted by molar-refractivity contribution is 5.51. The maximum Gasteiger partial charge on any atom is 0.125 e. The SMILES string of the molecule is Cc1ccc(O)c(CNc2cc(F)ccc2C)c1. The van der Waals surface area contributed by atoms with Crippen molar-refractivity contribution in [1.82, 2.24) is 0 Å². The zero-order chi connectivity index (χ0) is 13.1. The number of phenolic OH excluding ortho intramolecular Hbond substituents is 1. The zero-order valence-corrected chi connectivity index (χ0v) is 10.5. The van der Waals surface area contributed by atoms with Crippen molar-refractivity contribution in [3.05, 3.63) is 58.9 Å². The lowest BCUT2D eigenvalue weighted by atomic mass is 10.1. The minimum Gasteiger partial charge on any atom is -0.508 e. The Morgan fingerprint density at radius 1 is 1.11 bits per heavy atom. The Kier molecular flexibility index (Phi) is 3.51. The van der Waals surface area contributed by atoms with E-state index in [0.717, 1.165) is 22.4 Å². The minimum absolute atomic E-state index is 0.252. The fourth-order valence-corrected chi connectivity index (χ4v) is 1.83. The zero-order valence-electron chi connectivity index (χ0n) is 10.5. The van der Waals surface area contributed by atoms with E-state index in [2.05, 4.69) is 5.32 Å². The summed E-state index contributed by atoms with van der Waals surface area (Å²) in [6.07, 6.45) is 0. The lowest BCUT2D eigenvalue weighted by Gasteiger charge is -2.11. The van der Waals surface area contributed by atoms with Crippen molar-refractivity contribution >= 4 is 5.69 Å². The van der Waals surface area contributed by atoms with Crippen LogP contribution >= 0.6 is 0 Å². The van der Waals surface area contributed by atoms with Gasteiger partial charge in [0.05, 0.1) is 0 Å². The first-order valence-corrected chi connectivity index (χ1v) is 5.85. The standard InChI is InChI=1S/C15H16FNO/c1-10-3-6-15(18)12(7-10)9-17-14-8-13(16)5-4-11(14)2/h3-8,17-18H,9H2,1-2H3. The summed E-state index contributed by atoms with van der Waals surface area (Å²) in [4.78, 5) is 0. The van der Waals surface area contributed by atoms with Gasteiger partial charge in [-0.15, -0.1) is 0 Å². The average Bonchev–Trinajstić information content (AvgIpc) is 2.34. The van der Waals surface area contributed by atoms with Crippen LogP contribution in [0.15, 0.2) is 36.4 Å². The van der Waals surface area contributed by atoms with Crippen molar-refractivity contribution in [2.24, 2.45) is 0 Å². The Bertz CT molecular complexity index is 515. The van der Waals surface area contributed by atoms with Gasteiger partial charge in [0.25, 0.3) is 0 Å². The molecule has 0 bridgehead atoms. The third kappa shape index (κ3) is 2.80. The summed E-state index contributed by atoms with van der Waals surface area (Å²) in [7, 11) is 0. The van der Waals surface area contributed by atoms with Gasteiger partial charge in [-0.25, -0.2) is 4.39 Å². The summed E-state index contributed by atoms with van der Waals surface area (Å²) in [6, 6.07) is 10.1. The van der Waals surface area contributed by atoms with E-state index in [4.69, 9.17) is 0 Å². The predicted octanol–water partition coefficient (Wildman–Crippen LogP) is 3.76. The molecule has 0 fully saturated rings. The van der Waals surface area contributed by atoms with E-state index in [0.29, 0.717) is 6.54 Å². The molecule has 0 radical (unpaired) electrons. The van der Waals surface area contributed by atoms with Crippen LogP contribution in [-0.4, -0.2) is 5.11 Å². The molecule has 2 aromatic carbocycles. The molecule has 0 atom stereocenters. The van der Waals surface area contributed by atoms with Gasteiger partial charge < -0.3 is 10.4 Å². The number of hydrogen-bond donors (Lipinski definition) is 2. The van der Waals surface area contributed by atoms with Crippen LogP contribution < -0.4 is 5.32 Å². The fourth-order valence-electron chi connectivity index (χ4n) is 1.83. The van der Waals surface area contributed by atoms with Gasteiger partial charge in [0.2, 0.25) is 0 Å². The van der Waals surface area contributed by atoms with E-state index in [-0.39, 0.29) is 11.6 Å². The molecule has 3 heteroatoms. The fraction of sp³-hybridized carbons (Fsp3) is 0.200. The molecule has 0 saturated heterocycles. The second-order valence-corrected chi connectivity index (χ2v) is 4.44. The Hall–Kier alpha value is -2.03. The molecule has 18 heavy (non-hydrogen) atoms. The Morgan fingerprint density at radius 3 is 2.67 bits per heavy atom. The highest BCUT2D eigenvalue weighted by Crippen LogP contribution is 2.21. The lowest BCUT2D eigenvalue weighted by molar-refractivity contribution is 0.469. The first-order chi connectivity index (χ1) is 8.56. The molecule has 0 amide bonds. The van der Waals surface area contributed by atoms with Crippen LogP contribution in [0.1, 0.15) is 16.7 Å². The van der Waals surface area contributed by atoms with Crippen molar-refractivity contribution in [3.63, 3.8) is 0 Å². The van der Waals surface area contributed by atoms with Crippen LogP contribution in [0.2, 0.25) is 0 Å². The number of rotatable bonds is 3. The quantitative estimate of drug-likeness (QED) is 0.863. The summed E-state index contributed by atoms with van der Waals surface area (Å²) < 4.78 is 13.1. The second-order valence-electron chi connectivity index (χ2n) is 4.44. The van der Waals surface area contributed by atoms with Gasteiger partial charge in [0, 0.05) is 17.8 Å². The summed E-state index contributed by atoms with van der Waals surface area (Å²) in [5.74, 6) is -0.0151. The highest BCUT2D eigenvalue weighted by Gasteiger charge is 2.03. The maximum atomic E-state index is 13.1. The smallest absolute Gasteiger partial charge is 0.125 e. The predicted molar refractivity (Wildman–Crippen MR) is 71.3 cm³/mol. The largest absolute Gasteiger partial charge is 0.508 e. The molecule has 0 unspecified atom stereocenters. The van der Waals surface area contributed by atoms with Gasteiger partial charge in [-0.3, -0.25) is 0 Å². The summed E-state index contributed by atoms with van der Waals surface area (Å²) in [6.45, 7) is 4.35. The maximum absolute atomic E-state index is 13.1. The molecule has 0 saturated carbocycles. The van der Waals surface area contributed by atoms with Crippen LogP contribution in [0.5, 0.6) is 5.75 Å². The summed E-state index contributed by atoms with van der Waals surface area (Å²) in [5.41, 5.74) is 3.61. The van der Waals surface area contributed by atoms with Crippen molar-refractivity contribution in [3.8, 4) is 5.75 Å². The Labute approximate surface area is 106 Å². The molecular formula is C15H16FNO. The van der Waals surface area contributed by atoms with Gasteiger partial charge in [-0.05, 0) is 37.6 Å². The van der Waals surface area contributed by atoms with Crippen molar-refractivity contribution in [1.29, 1.82) is 0 Å². The number of halogens is 1. The number of phenols is 1. The summed E-state index contributed by atoms with van der Waals surface area (Å²) in [5, 5.41) is 12.9. The first-order valence-electron chi connectivity index (χ1n) is 5.85. The van der Waals surface area contributed by atoms with E-state index in [1.165, 1.54) is 12.1 Å². The average molecular weight is 245 g/mol. The van der Waals surface area contributed by atoms with Crippen LogP contribution in [0.3, 0.4) is 0 Å². The third-order valence-electron chi connectivity index (χ3n) is 2.90. The van der Waals surface area contributed by atoms with Crippen molar-refractivity contribution in [2.45, 2.75) is 20.4 Å². The molecule has 2 rings (SSSR count).